The Hall–Kier alpha value is -1.89. The number of methoxy groups -OCH3 is 1. The van der Waals surface area contributed by atoms with Gasteiger partial charge in [0.15, 0.2) is 11.5 Å². The van der Waals surface area contributed by atoms with Crippen LogP contribution in [-0.4, -0.2) is 35.8 Å². The summed E-state index contributed by atoms with van der Waals surface area (Å²) in [6, 6.07) is 1.46. The highest BCUT2D eigenvalue weighted by atomic mass is 16.5. The Morgan fingerprint density at radius 3 is 2.79 bits per heavy atom. The number of hydrogen-bond acceptors (Lipinski definition) is 5. The van der Waals surface area contributed by atoms with Gasteiger partial charge in [-0.1, -0.05) is 12.1 Å². The molecule has 0 aliphatic carbocycles. The summed E-state index contributed by atoms with van der Waals surface area (Å²) in [6.45, 7) is 3.59. The molecule has 0 bridgehead atoms. The fourth-order valence-corrected chi connectivity index (χ4v) is 1.35. The molecule has 1 amide bonds. The maximum Gasteiger partial charge on any atom is 0.311 e. The lowest BCUT2D eigenvalue weighted by atomic mass is 9.88. The molecule has 1 aromatic rings. The molecule has 0 spiro atoms. The van der Waals surface area contributed by atoms with E-state index in [-0.39, 0.29) is 18.8 Å². The molecule has 19 heavy (non-hydrogen) atoms. The summed E-state index contributed by atoms with van der Waals surface area (Å²) in [6.07, 6.45) is 0.413. The molecule has 7 nitrogen and oxygen atoms in total. The average molecular weight is 270 g/mol. The van der Waals surface area contributed by atoms with Crippen molar-refractivity contribution in [3.8, 4) is 0 Å². The van der Waals surface area contributed by atoms with E-state index in [2.05, 4.69) is 10.5 Å². The molecule has 0 saturated heterocycles. The summed E-state index contributed by atoms with van der Waals surface area (Å²) < 4.78 is 9.72. The molecule has 2 N–H and O–H groups in total. The Labute approximate surface area is 110 Å². The zero-order valence-corrected chi connectivity index (χ0v) is 11.2. The fourth-order valence-electron chi connectivity index (χ4n) is 1.35. The molecule has 0 aliphatic rings. The van der Waals surface area contributed by atoms with Crippen molar-refractivity contribution in [3.05, 3.63) is 17.5 Å². The normalized spacial score (nSPS) is 13.8. The number of nitrogens with one attached hydrogen (secondary N) is 1. The van der Waals surface area contributed by atoms with E-state index in [1.54, 1.807) is 13.8 Å². The maximum absolute atomic E-state index is 11.8. The van der Waals surface area contributed by atoms with Gasteiger partial charge in [0, 0.05) is 19.7 Å². The van der Waals surface area contributed by atoms with Crippen LogP contribution in [-0.2, 0) is 16.1 Å². The molecule has 0 saturated carbocycles. The third-order valence-corrected chi connectivity index (χ3v) is 3.01. The van der Waals surface area contributed by atoms with E-state index in [4.69, 9.17) is 14.4 Å². The summed E-state index contributed by atoms with van der Waals surface area (Å²) in [5.41, 5.74) is -0.884. The van der Waals surface area contributed by atoms with Crippen LogP contribution < -0.4 is 5.32 Å². The van der Waals surface area contributed by atoms with E-state index in [9.17, 15) is 9.59 Å². The molecule has 1 atom stereocenters. The molecule has 106 valence electrons. The summed E-state index contributed by atoms with van der Waals surface area (Å²) in [5, 5.41) is 15.2. The molecule has 0 radical (unpaired) electrons. The number of hydrogen-bond donors (Lipinski definition) is 2. The summed E-state index contributed by atoms with van der Waals surface area (Å²) in [4.78, 5) is 22.9. The lowest BCUT2D eigenvalue weighted by Gasteiger charge is -2.22. The van der Waals surface area contributed by atoms with Crippen molar-refractivity contribution in [1.82, 2.24) is 10.5 Å². The molecule has 1 aromatic heterocycles. The van der Waals surface area contributed by atoms with Gasteiger partial charge in [0.05, 0.1) is 5.41 Å². The largest absolute Gasteiger partial charge is 0.481 e. The lowest BCUT2D eigenvalue weighted by molar-refractivity contribution is -0.147. The number of rotatable bonds is 7. The first-order valence-electron chi connectivity index (χ1n) is 5.89. The van der Waals surface area contributed by atoms with Crippen LogP contribution in [0.4, 0.5) is 0 Å². The summed E-state index contributed by atoms with van der Waals surface area (Å²) in [7, 11) is 1.50. The number of carbonyl (C=O) groups excluding carboxylic acids is 1. The zero-order chi connectivity index (χ0) is 14.5. The van der Waals surface area contributed by atoms with Gasteiger partial charge in [-0.05, 0) is 13.3 Å². The third-order valence-electron chi connectivity index (χ3n) is 3.01. The Balaban J connectivity index is 2.61. The molecule has 1 unspecified atom stereocenters. The zero-order valence-electron chi connectivity index (χ0n) is 11.2. The minimum Gasteiger partial charge on any atom is -0.481 e. The summed E-state index contributed by atoms with van der Waals surface area (Å²) >= 11 is 0. The highest BCUT2D eigenvalue weighted by Crippen LogP contribution is 2.20. The van der Waals surface area contributed by atoms with Gasteiger partial charge in [0.25, 0.3) is 5.91 Å². The maximum atomic E-state index is 11.8. The topological polar surface area (TPSA) is 102 Å². The molecule has 0 aliphatic heterocycles. The van der Waals surface area contributed by atoms with E-state index in [0.717, 1.165) is 0 Å². The van der Waals surface area contributed by atoms with Gasteiger partial charge in [-0.15, -0.1) is 0 Å². The fraction of sp³-hybridized carbons (Fsp3) is 0.583. The second kappa shape index (κ2) is 6.33. The van der Waals surface area contributed by atoms with Gasteiger partial charge < -0.3 is 19.7 Å². The number of carboxylic acids is 1. The predicted octanol–water partition coefficient (Wildman–Crippen LogP) is 1.05. The standard InChI is InChI=1S/C12H18N2O5/c1-4-12(2,11(16)17)7-13-10(15)9-5-8(6-18-3)19-14-9/h5H,4,6-7H2,1-3H3,(H,13,15)(H,16,17). The molecular weight excluding hydrogens is 252 g/mol. The van der Waals surface area contributed by atoms with Crippen molar-refractivity contribution < 1.29 is 24.0 Å². The van der Waals surface area contributed by atoms with E-state index >= 15 is 0 Å². The number of carboxylic acid groups (broad SMARTS) is 1. The predicted molar refractivity (Wildman–Crippen MR) is 65.6 cm³/mol. The highest BCUT2D eigenvalue weighted by Gasteiger charge is 2.31. The number of aliphatic carboxylic acids is 1. The van der Waals surface area contributed by atoms with E-state index in [1.165, 1.54) is 13.2 Å². The number of amides is 1. The number of ether oxygens (including phenoxy) is 1. The first-order valence-corrected chi connectivity index (χ1v) is 5.89. The van der Waals surface area contributed by atoms with E-state index in [1.807, 2.05) is 0 Å². The van der Waals surface area contributed by atoms with Crippen LogP contribution >= 0.6 is 0 Å². The number of aromatic nitrogens is 1. The highest BCUT2D eigenvalue weighted by molar-refractivity contribution is 5.92. The van der Waals surface area contributed by atoms with Crippen molar-refractivity contribution in [1.29, 1.82) is 0 Å². The Kier molecular flexibility index (Phi) is 5.05. The molecular formula is C12H18N2O5. The van der Waals surface area contributed by atoms with Gasteiger partial charge in [0.1, 0.15) is 6.61 Å². The molecule has 1 rings (SSSR count). The Bertz CT molecular complexity index is 457. The van der Waals surface area contributed by atoms with Crippen molar-refractivity contribution >= 4 is 11.9 Å². The minimum atomic E-state index is -0.991. The Morgan fingerprint density at radius 1 is 1.58 bits per heavy atom. The van der Waals surface area contributed by atoms with Gasteiger partial charge in [-0.2, -0.15) is 0 Å². The lowest BCUT2D eigenvalue weighted by Crippen LogP contribution is -2.40. The van der Waals surface area contributed by atoms with Crippen molar-refractivity contribution in [2.24, 2.45) is 5.41 Å². The summed E-state index contributed by atoms with van der Waals surface area (Å²) in [5.74, 6) is -0.980. The van der Waals surface area contributed by atoms with Crippen LogP contribution in [0.2, 0.25) is 0 Å². The van der Waals surface area contributed by atoms with Crippen LogP contribution in [0, 0.1) is 5.41 Å². The van der Waals surface area contributed by atoms with E-state index < -0.39 is 17.3 Å². The van der Waals surface area contributed by atoms with Gasteiger partial charge >= 0.3 is 5.97 Å². The van der Waals surface area contributed by atoms with Crippen molar-refractivity contribution in [2.75, 3.05) is 13.7 Å². The monoisotopic (exact) mass is 270 g/mol. The SMILES string of the molecule is CCC(C)(CNC(=O)c1cc(COC)on1)C(=O)O. The molecule has 0 fully saturated rings. The van der Waals surface area contributed by atoms with Gasteiger partial charge in [-0.25, -0.2) is 0 Å². The van der Waals surface area contributed by atoms with Gasteiger partial charge in [-0.3, -0.25) is 9.59 Å². The van der Waals surface area contributed by atoms with Crippen LogP contribution in [0.15, 0.2) is 10.6 Å². The first-order chi connectivity index (χ1) is 8.92. The van der Waals surface area contributed by atoms with Gasteiger partial charge in [0.2, 0.25) is 0 Å². The molecule has 7 heteroatoms. The Morgan fingerprint density at radius 2 is 2.26 bits per heavy atom. The quantitative estimate of drug-likeness (QED) is 0.768. The number of carbonyl (C=O) groups is 2. The first kappa shape index (κ1) is 15.2. The van der Waals surface area contributed by atoms with Crippen molar-refractivity contribution in [3.63, 3.8) is 0 Å². The molecule has 1 heterocycles. The third kappa shape index (κ3) is 3.78. The van der Waals surface area contributed by atoms with Crippen LogP contribution in [0.1, 0.15) is 36.5 Å². The average Bonchev–Trinajstić information content (AvgIpc) is 2.84. The minimum absolute atomic E-state index is 0.0319. The molecule has 0 aromatic carbocycles. The van der Waals surface area contributed by atoms with E-state index in [0.29, 0.717) is 12.2 Å². The van der Waals surface area contributed by atoms with Crippen LogP contribution in [0.25, 0.3) is 0 Å². The number of nitrogens with zero attached hydrogens (tertiary/aromatic N) is 1. The van der Waals surface area contributed by atoms with Crippen LogP contribution in [0.3, 0.4) is 0 Å². The smallest absolute Gasteiger partial charge is 0.311 e. The second-order valence-corrected chi connectivity index (χ2v) is 4.51. The second-order valence-electron chi connectivity index (χ2n) is 4.51. The van der Waals surface area contributed by atoms with Crippen LogP contribution in [0.5, 0.6) is 0 Å². The van der Waals surface area contributed by atoms with Crippen molar-refractivity contribution in [2.45, 2.75) is 26.9 Å².